The number of piperidine rings is 1. The third-order valence-corrected chi connectivity index (χ3v) is 6.66. The third-order valence-electron chi connectivity index (χ3n) is 5.74. The minimum absolute atomic E-state index is 0. The van der Waals surface area contributed by atoms with Crippen molar-refractivity contribution in [3.8, 4) is 11.5 Å². The number of nitrogens with zero attached hydrogens (tertiary/aromatic N) is 1. The first-order valence-electron chi connectivity index (χ1n) is 9.53. The summed E-state index contributed by atoms with van der Waals surface area (Å²) in [5.74, 6) is 2.46. The molecule has 2 aliphatic rings. The molecule has 0 aliphatic carbocycles. The number of nitrogens with one attached hydrogen (secondary N) is 1. The molecule has 27 heavy (non-hydrogen) atoms. The Hall–Kier alpha value is -1.27. The van der Waals surface area contributed by atoms with E-state index in [-0.39, 0.29) is 12.4 Å². The number of hydrogen-bond donors (Lipinski definition) is 1. The molecule has 0 radical (unpaired) electrons. The average molecular weight is 409 g/mol. The Balaban J connectivity index is 0.00000210. The lowest BCUT2D eigenvalue weighted by Gasteiger charge is -2.40. The number of ether oxygens (including phenoxy) is 2. The molecule has 0 amide bonds. The Labute approximate surface area is 172 Å². The second kappa shape index (κ2) is 9.28. The lowest BCUT2D eigenvalue weighted by atomic mass is 9.88. The van der Waals surface area contributed by atoms with E-state index in [9.17, 15) is 0 Å². The first-order chi connectivity index (χ1) is 12.8. The van der Waals surface area contributed by atoms with Gasteiger partial charge in [0.1, 0.15) is 0 Å². The first-order valence-corrected chi connectivity index (χ1v) is 10.4. The molecule has 1 fully saturated rings. The summed E-state index contributed by atoms with van der Waals surface area (Å²) in [5.41, 5.74) is 2.77. The van der Waals surface area contributed by atoms with Crippen molar-refractivity contribution >= 4 is 23.7 Å². The molecule has 1 atom stereocenters. The Morgan fingerprint density at radius 1 is 1.15 bits per heavy atom. The van der Waals surface area contributed by atoms with E-state index < -0.39 is 0 Å². The fourth-order valence-corrected chi connectivity index (χ4v) is 5.25. The van der Waals surface area contributed by atoms with Gasteiger partial charge in [-0.3, -0.25) is 4.90 Å². The molecule has 2 aliphatic heterocycles. The summed E-state index contributed by atoms with van der Waals surface area (Å²) in [4.78, 5) is 4.11. The molecule has 2 aromatic rings. The number of rotatable bonds is 5. The van der Waals surface area contributed by atoms with Crippen molar-refractivity contribution in [1.29, 1.82) is 0 Å². The largest absolute Gasteiger partial charge is 0.493 e. The number of halogens is 1. The second-order valence-electron chi connectivity index (χ2n) is 7.26. The molecule has 4 rings (SSSR count). The van der Waals surface area contributed by atoms with Crippen LogP contribution in [0.3, 0.4) is 0 Å². The minimum atomic E-state index is 0. The van der Waals surface area contributed by atoms with E-state index in [0.29, 0.717) is 6.04 Å². The highest BCUT2D eigenvalue weighted by Gasteiger charge is 2.32. The van der Waals surface area contributed by atoms with Gasteiger partial charge in [0.2, 0.25) is 0 Å². The molecule has 1 saturated heterocycles. The van der Waals surface area contributed by atoms with Crippen LogP contribution in [0.5, 0.6) is 11.5 Å². The van der Waals surface area contributed by atoms with E-state index in [1.165, 1.54) is 35.4 Å². The van der Waals surface area contributed by atoms with Crippen molar-refractivity contribution < 1.29 is 9.47 Å². The monoisotopic (exact) mass is 408 g/mol. The molecular weight excluding hydrogens is 380 g/mol. The molecule has 0 bridgehead atoms. The molecule has 0 saturated carbocycles. The lowest BCUT2D eigenvalue weighted by Crippen LogP contribution is -2.41. The normalized spacial score (nSPS) is 20.6. The smallest absolute Gasteiger partial charge is 0.161 e. The molecule has 1 unspecified atom stereocenters. The zero-order valence-electron chi connectivity index (χ0n) is 16.1. The zero-order chi connectivity index (χ0) is 17.9. The van der Waals surface area contributed by atoms with Crippen molar-refractivity contribution in [3.63, 3.8) is 0 Å². The van der Waals surface area contributed by atoms with Crippen LogP contribution in [0.15, 0.2) is 29.6 Å². The summed E-state index contributed by atoms with van der Waals surface area (Å²) < 4.78 is 11.1. The number of thiophene rings is 1. The first kappa shape index (κ1) is 20.5. The predicted octanol–water partition coefficient (Wildman–Crippen LogP) is 4.13. The van der Waals surface area contributed by atoms with Gasteiger partial charge in [-0.05, 0) is 73.0 Å². The van der Waals surface area contributed by atoms with Gasteiger partial charge in [-0.2, -0.15) is 0 Å². The van der Waals surface area contributed by atoms with Gasteiger partial charge in [0.15, 0.2) is 11.5 Å². The van der Waals surface area contributed by atoms with E-state index in [2.05, 4.69) is 39.9 Å². The lowest BCUT2D eigenvalue weighted by molar-refractivity contribution is 0.164. The van der Waals surface area contributed by atoms with Gasteiger partial charge >= 0.3 is 0 Å². The fraction of sp³-hybridized carbons (Fsp3) is 0.524. The quantitative estimate of drug-likeness (QED) is 0.806. The topological polar surface area (TPSA) is 33.7 Å². The molecule has 1 N–H and O–H groups in total. The van der Waals surface area contributed by atoms with Gasteiger partial charge < -0.3 is 14.8 Å². The van der Waals surface area contributed by atoms with Gasteiger partial charge in [0.25, 0.3) is 0 Å². The van der Waals surface area contributed by atoms with E-state index in [1.807, 2.05) is 11.3 Å². The summed E-state index contributed by atoms with van der Waals surface area (Å²) in [6, 6.07) is 9.14. The van der Waals surface area contributed by atoms with Crippen molar-refractivity contribution in [2.45, 2.75) is 25.3 Å². The molecule has 3 heterocycles. The van der Waals surface area contributed by atoms with E-state index in [0.717, 1.165) is 43.5 Å². The Bertz CT molecular complexity index is 732. The molecule has 6 heteroatoms. The van der Waals surface area contributed by atoms with Crippen LogP contribution in [0, 0.1) is 5.92 Å². The summed E-state index contributed by atoms with van der Waals surface area (Å²) in [6.07, 6.45) is 3.64. The third kappa shape index (κ3) is 4.27. The zero-order valence-corrected chi connectivity index (χ0v) is 17.7. The van der Waals surface area contributed by atoms with Crippen LogP contribution >= 0.6 is 23.7 Å². The maximum Gasteiger partial charge on any atom is 0.161 e. The molecule has 1 aromatic heterocycles. The summed E-state index contributed by atoms with van der Waals surface area (Å²) in [7, 11) is 3.44. The average Bonchev–Trinajstić information content (AvgIpc) is 3.21. The second-order valence-corrected chi connectivity index (χ2v) is 8.24. The predicted molar refractivity (Wildman–Crippen MR) is 114 cm³/mol. The fourth-order valence-electron chi connectivity index (χ4n) is 4.37. The van der Waals surface area contributed by atoms with Gasteiger partial charge in [-0.25, -0.2) is 0 Å². The van der Waals surface area contributed by atoms with Crippen LogP contribution in [0.1, 0.15) is 34.9 Å². The Morgan fingerprint density at radius 3 is 2.56 bits per heavy atom. The highest BCUT2D eigenvalue weighted by Crippen LogP contribution is 2.42. The van der Waals surface area contributed by atoms with Crippen LogP contribution < -0.4 is 14.8 Å². The number of fused-ring (bicyclic) bond motifs is 1. The van der Waals surface area contributed by atoms with Gasteiger partial charge in [-0.1, -0.05) is 6.07 Å². The van der Waals surface area contributed by atoms with Crippen molar-refractivity contribution in [2.75, 3.05) is 40.4 Å². The molecular formula is C21H29ClN2O2S. The van der Waals surface area contributed by atoms with Crippen molar-refractivity contribution in [2.24, 2.45) is 5.92 Å². The highest BCUT2D eigenvalue weighted by atomic mass is 35.5. The number of hydrogen-bond acceptors (Lipinski definition) is 5. The standard InChI is InChI=1S/C21H28N2O2S.ClH/c1-24-18-12-16-7-10-23(14-15-5-8-22-9-6-15)21(20-4-3-11-26-20)17(16)13-19(18)25-2;/h3-4,11-13,15,21-22H,5-10,14H2,1-2H3;1H. The highest BCUT2D eigenvalue weighted by molar-refractivity contribution is 7.10. The Kier molecular flexibility index (Phi) is 7.04. The Morgan fingerprint density at radius 2 is 1.89 bits per heavy atom. The van der Waals surface area contributed by atoms with Gasteiger partial charge in [-0.15, -0.1) is 23.7 Å². The van der Waals surface area contributed by atoms with Crippen molar-refractivity contribution in [3.05, 3.63) is 45.6 Å². The summed E-state index contributed by atoms with van der Waals surface area (Å²) in [5, 5.41) is 5.67. The molecule has 4 nitrogen and oxygen atoms in total. The van der Waals surface area contributed by atoms with E-state index in [4.69, 9.17) is 9.47 Å². The summed E-state index contributed by atoms with van der Waals surface area (Å²) >= 11 is 1.86. The molecule has 0 spiro atoms. The van der Waals surface area contributed by atoms with Crippen LogP contribution in [-0.4, -0.2) is 45.3 Å². The molecule has 148 valence electrons. The van der Waals surface area contributed by atoms with Crippen LogP contribution in [0.2, 0.25) is 0 Å². The maximum absolute atomic E-state index is 5.60. The van der Waals surface area contributed by atoms with Crippen LogP contribution in [0.4, 0.5) is 0 Å². The number of benzene rings is 1. The van der Waals surface area contributed by atoms with Gasteiger partial charge in [0.05, 0.1) is 20.3 Å². The van der Waals surface area contributed by atoms with Crippen LogP contribution in [-0.2, 0) is 6.42 Å². The van der Waals surface area contributed by atoms with E-state index in [1.54, 1.807) is 14.2 Å². The maximum atomic E-state index is 5.60. The van der Waals surface area contributed by atoms with Crippen LogP contribution in [0.25, 0.3) is 0 Å². The molecule has 1 aromatic carbocycles. The van der Waals surface area contributed by atoms with E-state index >= 15 is 0 Å². The minimum Gasteiger partial charge on any atom is -0.493 e. The SMILES string of the molecule is COc1cc2c(cc1OC)C(c1cccs1)N(CC1CCNCC1)CC2.Cl. The van der Waals surface area contributed by atoms with Crippen molar-refractivity contribution in [1.82, 2.24) is 10.2 Å². The summed E-state index contributed by atoms with van der Waals surface area (Å²) in [6.45, 7) is 4.60. The van der Waals surface area contributed by atoms with Gasteiger partial charge in [0, 0.05) is 18.0 Å². The number of methoxy groups -OCH3 is 2.